The second kappa shape index (κ2) is 19.3. The number of rotatable bonds is 10. The largest absolute Gasteiger partial charge is 0.496 e. The van der Waals surface area contributed by atoms with Crippen molar-refractivity contribution in [1.29, 1.82) is 0 Å². The first-order valence-corrected chi connectivity index (χ1v) is 22.3. The molecule has 4 aromatic carbocycles. The Labute approximate surface area is 387 Å². The molecule has 65 heavy (non-hydrogen) atoms. The summed E-state index contributed by atoms with van der Waals surface area (Å²) in [6, 6.07) is 24.6. The van der Waals surface area contributed by atoms with E-state index in [2.05, 4.69) is 36.7 Å². The zero-order valence-electron chi connectivity index (χ0n) is 36.3. The van der Waals surface area contributed by atoms with Gasteiger partial charge < -0.3 is 24.2 Å². The van der Waals surface area contributed by atoms with Crippen LogP contribution in [0.5, 0.6) is 11.5 Å². The number of nitrogens with zero attached hydrogens (tertiary/aromatic N) is 7. The molecule has 15 heteroatoms. The third-order valence-electron chi connectivity index (χ3n) is 12.4. The first-order valence-electron chi connectivity index (χ1n) is 21.6. The predicted octanol–water partition coefficient (Wildman–Crippen LogP) is 8.33. The summed E-state index contributed by atoms with van der Waals surface area (Å²) >= 11 is 14.6. The van der Waals surface area contributed by atoms with Gasteiger partial charge >= 0.3 is 5.97 Å². The van der Waals surface area contributed by atoms with E-state index in [1.807, 2.05) is 61.5 Å². The number of likely N-dealkylation sites (N-methyl/N-ethyl adjacent to an activating group) is 1. The molecule has 1 saturated heterocycles. The number of benzene rings is 4. The van der Waals surface area contributed by atoms with Gasteiger partial charge in [-0.25, -0.2) is 24.1 Å². The molecule has 0 amide bonds. The van der Waals surface area contributed by atoms with Crippen LogP contribution in [0.25, 0.3) is 22.5 Å². The summed E-state index contributed by atoms with van der Waals surface area (Å²) in [5.41, 5.74) is 7.86. The smallest absolute Gasteiger partial charge is 0.345 e. The molecule has 334 valence electrons. The highest BCUT2D eigenvalue weighted by Gasteiger charge is 2.41. The minimum Gasteiger partial charge on any atom is -0.496 e. The third-order valence-corrected chi connectivity index (χ3v) is 13.3. The lowest BCUT2D eigenvalue weighted by atomic mass is 9.88. The number of carboxylic acids is 1. The number of piperazine rings is 1. The number of ether oxygens (including phenoxy) is 3. The fourth-order valence-corrected chi connectivity index (χ4v) is 9.44. The van der Waals surface area contributed by atoms with Crippen LogP contribution in [0.3, 0.4) is 0 Å². The number of aliphatic imine (C=N–C) groups is 2. The molecule has 12 nitrogen and oxygen atoms in total. The van der Waals surface area contributed by atoms with E-state index in [1.54, 1.807) is 31.5 Å². The van der Waals surface area contributed by atoms with Crippen molar-refractivity contribution in [3.63, 3.8) is 0 Å². The quantitative estimate of drug-likeness (QED) is 0.146. The van der Waals surface area contributed by atoms with Gasteiger partial charge in [0.15, 0.2) is 5.82 Å². The zero-order valence-corrected chi connectivity index (χ0v) is 37.8. The SMILES string of the molecule is COc1ccccc1-c1nccc(COc2ccc3cc2C[C@H](C(=O)O)OC2=NC=NC4C(Cl)=C(c5ccc(F)cc5)C(=C24)c2ccc(c(Cl)c2C)CN(CCN2CCN(C)CC2)C3)n1. The topological polar surface area (TPSA) is 125 Å². The molecule has 5 heterocycles. The number of para-hydroxylation sites is 1. The first-order chi connectivity index (χ1) is 31.5. The summed E-state index contributed by atoms with van der Waals surface area (Å²) in [7, 11) is 3.76. The maximum atomic E-state index is 14.3. The van der Waals surface area contributed by atoms with Gasteiger partial charge in [-0.2, -0.15) is 0 Å². The Bertz CT molecular complexity index is 2750. The maximum absolute atomic E-state index is 14.3. The lowest BCUT2D eigenvalue weighted by molar-refractivity contribution is -0.145. The number of fused-ring (bicyclic) bond motifs is 6. The highest BCUT2D eigenvalue weighted by atomic mass is 35.5. The van der Waals surface area contributed by atoms with E-state index < -0.39 is 23.9 Å². The molecule has 0 radical (unpaired) electrons. The van der Waals surface area contributed by atoms with Crippen molar-refractivity contribution < 1.29 is 28.5 Å². The van der Waals surface area contributed by atoms with E-state index in [0.717, 1.165) is 67.1 Å². The number of carbonyl (C=O) groups is 1. The van der Waals surface area contributed by atoms with Gasteiger partial charge in [-0.15, -0.1) is 0 Å². The number of aromatic nitrogens is 2. The highest BCUT2D eigenvalue weighted by molar-refractivity contribution is 6.41. The van der Waals surface area contributed by atoms with Crippen molar-refractivity contribution >= 4 is 52.6 Å². The molecule has 4 bridgehead atoms. The van der Waals surface area contributed by atoms with E-state index in [0.29, 0.717) is 74.0 Å². The lowest BCUT2D eigenvalue weighted by Crippen LogP contribution is -2.46. The number of aliphatic carboxylic acids is 1. The maximum Gasteiger partial charge on any atom is 0.345 e. The molecular formula is C50H48Cl2FN7O5. The first kappa shape index (κ1) is 44.3. The van der Waals surface area contributed by atoms with E-state index in [9.17, 15) is 14.3 Å². The number of allylic oxidation sites excluding steroid dienone is 2. The van der Waals surface area contributed by atoms with Crippen LogP contribution >= 0.6 is 23.2 Å². The molecule has 1 fully saturated rings. The molecule has 0 saturated carbocycles. The molecule has 5 aliphatic rings. The normalized spacial score (nSPS) is 19.3. The summed E-state index contributed by atoms with van der Waals surface area (Å²) in [5, 5.41) is 11.9. The second-order valence-electron chi connectivity index (χ2n) is 16.6. The number of methoxy groups -OCH3 is 1. The number of halogens is 3. The third kappa shape index (κ3) is 9.43. The Morgan fingerprint density at radius 2 is 1.68 bits per heavy atom. The van der Waals surface area contributed by atoms with Crippen molar-refractivity contribution in [3.05, 3.63) is 152 Å². The van der Waals surface area contributed by atoms with Crippen LogP contribution in [-0.4, -0.2) is 114 Å². The number of carboxylic acid groups (broad SMARTS) is 1. The summed E-state index contributed by atoms with van der Waals surface area (Å²) < 4.78 is 32.9. The monoisotopic (exact) mass is 915 g/mol. The molecule has 1 unspecified atom stereocenters. The van der Waals surface area contributed by atoms with Gasteiger partial charge in [-0.05, 0) is 83.8 Å². The molecule has 2 atom stereocenters. The summed E-state index contributed by atoms with van der Waals surface area (Å²) in [6.07, 6.45) is 1.54. The average molecular weight is 917 g/mol. The molecule has 4 aliphatic heterocycles. The molecule has 1 aromatic heterocycles. The van der Waals surface area contributed by atoms with Crippen molar-refractivity contribution in [2.24, 2.45) is 9.98 Å². The summed E-state index contributed by atoms with van der Waals surface area (Å²) in [6.45, 7) is 8.77. The van der Waals surface area contributed by atoms with Gasteiger partial charge in [0.2, 0.25) is 12.0 Å². The summed E-state index contributed by atoms with van der Waals surface area (Å²) in [5.74, 6) is 0.0815. The molecule has 5 aromatic rings. The zero-order chi connectivity index (χ0) is 45.2. The van der Waals surface area contributed by atoms with Gasteiger partial charge in [-0.1, -0.05) is 71.7 Å². The van der Waals surface area contributed by atoms with Crippen LogP contribution in [0.1, 0.15) is 39.1 Å². The number of hydrogen-bond donors (Lipinski definition) is 1. The van der Waals surface area contributed by atoms with Gasteiger partial charge in [-0.3, -0.25) is 14.8 Å². The highest BCUT2D eigenvalue weighted by Crippen LogP contribution is 2.50. The molecule has 0 spiro atoms. The van der Waals surface area contributed by atoms with Crippen LogP contribution in [-0.2, 0) is 35.6 Å². The van der Waals surface area contributed by atoms with Crippen molar-refractivity contribution in [2.75, 3.05) is 53.4 Å². The van der Waals surface area contributed by atoms with E-state index >= 15 is 0 Å². The molecular weight excluding hydrogens is 868 g/mol. The Kier molecular flexibility index (Phi) is 13.1. The average Bonchev–Trinajstić information content (AvgIpc) is 3.61. The van der Waals surface area contributed by atoms with E-state index in [1.165, 1.54) is 18.5 Å². The predicted molar refractivity (Wildman–Crippen MR) is 251 cm³/mol. The van der Waals surface area contributed by atoms with Gasteiger partial charge in [0.05, 0.1) is 29.0 Å². The molecule has 1 N–H and O–H groups in total. The lowest BCUT2D eigenvalue weighted by Gasteiger charge is -2.34. The van der Waals surface area contributed by atoms with Crippen molar-refractivity contribution in [2.45, 2.75) is 45.2 Å². The van der Waals surface area contributed by atoms with Crippen LogP contribution in [0.4, 0.5) is 4.39 Å². The minimum absolute atomic E-state index is 0.0629. The van der Waals surface area contributed by atoms with E-state index in [-0.39, 0.29) is 18.9 Å². The van der Waals surface area contributed by atoms with Gasteiger partial charge in [0.25, 0.3) is 0 Å². The summed E-state index contributed by atoms with van der Waals surface area (Å²) in [4.78, 5) is 39.0. The Morgan fingerprint density at radius 1 is 0.892 bits per heavy atom. The second-order valence-corrected chi connectivity index (χ2v) is 17.4. The van der Waals surface area contributed by atoms with Crippen LogP contribution in [0.15, 0.2) is 112 Å². The van der Waals surface area contributed by atoms with Crippen LogP contribution in [0.2, 0.25) is 5.02 Å². The fourth-order valence-electron chi connectivity index (χ4n) is 8.85. The standard InChI is InChI=1S/C50H48Cl2FN7O5/c1-30-37-14-11-33(45(30)51)27-60(23-22-59-20-18-58(2)19-21-59)26-31-8-15-39(64-28-36-16-17-54-48(57-36)38-6-4-5-7-40(38)63-3)34(24-31)25-41(50(61)62)65-49-44-43(37)42(32-9-12-35(53)13-10-32)46(52)47(44)55-29-56-49/h4-17,24,29,41,47H,18-23,25-28H2,1-3H3,(H,61,62)/t41-,47?/m1/s1. The number of hydrogen-bond acceptors (Lipinski definition) is 11. The Hall–Kier alpha value is -5.96. The fraction of sp³-hybridized carbons (Fsp3) is 0.300. The molecule has 1 aliphatic carbocycles. The van der Waals surface area contributed by atoms with Crippen molar-refractivity contribution in [3.8, 4) is 22.9 Å². The van der Waals surface area contributed by atoms with Gasteiger partial charge in [0.1, 0.15) is 36.3 Å². The van der Waals surface area contributed by atoms with E-state index in [4.69, 9.17) is 42.4 Å². The molecule has 10 rings (SSSR count). The Balaban J connectivity index is 1.13. The Morgan fingerprint density at radius 3 is 2.46 bits per heavy atom. The minimum atomic E-state index is -1.41. The van der Waals surface area contributed by atoms with Crippen LogP contribution in [0, 0.1) is 12.7 Å². The van der Waals surface area contributed by atoms with Gasteiger partial charge in [0, 0.05) is 81.1 Å². The van der Waals surface area contributed by atoms with Crippen LogP contribution < -0.4 is 9.47 Å². The van der Waals surface area contributed by atoms with Crippen molar-refractivity contribution in [1.82, 2.24) is 24.7 Å².